The van der Waals surface area contributed by atoms with E-state index < -0.39 is 0 Å². The van der Waals surface area contributed by atoms with E-state index >= 15 is 0 Å². The van der Waals surface area contributed by atoms with Gasteiger partial charge in [0.05, 0.1) is 0 Å². The van der Waals surface area contributed by atoms with Crippen molar-refractivity contribution < 1.29 is 9.13 Å². The molecular weight excluding hydrogens is 233 g/mol. The Morgan fingerprint density at radius 2 is 2.22 bits per heavy atom. The largest absolute Gasteiger partial charge is 0.486 e. The molecular formula is C13H14FN3O. The van der Waals surface area contributed by atoms with Crippen LogP contribution < -0.4 is 4.74 Å². The average molecular weight is 247 g/mol. The highest BCUT2D eigenvalue weighted by Crippen LogP contribution is 2.38. The number of benzene rings is 1. The van der Waals surface area contributed by atoms with Crippen LogP contribution in [-0.2, 0) is 13.7 Å². The molecule has 18 heavy (non-hydrogen) atoms. The number of nitrogens with zero attached hydrogens (tertiary/aromatic N) is 3. The lowest BCUT2D eigenvalue weighted by atomic mass is 10.3. The normalized spacial score (nSPS) is 14.8. The monoisotopic (exact) mass is 247 g/mol. The van der Waals surface area contributed by atoms with Crippen molar-refractivity contribution in [1.29, 1.82) is 0 Å². The van der Waals surface area contributed by atoms with E-state index in [-0.39, 0.29) is 5.82 Å². The summed E-state index contributed by atoms with van der Waals surface area (Å²) < 4.78 is 20.5. The van der Waals surface area contributed by atoms with Gasteiger partial charge in [-0.15, -0.1) is 10.2 Å². The van der Waals surface area contributed by atoms with Crippen molar-refractivity contribution >= 4 is 0 Å². The van der Waals surface area contributed by atoms with Gasteiger partial charge in [-0.25, -0.2) is 4.39 Å². The van der Waals surface area contributed by atoms with Crippen LogP contribution >= 0.6 is 0 Å². The third kappa shape index (κ3) is 2.20. The molecule has 0 bridgehead atoms. The maximum atomic E-state index is 13.0. The average Bonchev–Trinajstić information content (AvgIpc) is 3.12. The Balaban J connectivity index is 1.69. The highest BCUT2D eigenvalue weighted by Gasteiger charge is 2.29. The van der Waals surface area contributed by atoms with E-state index in [2.05, 4.69) is 10.2 Å². The molecule has 0 unspecified atom stereocenters. The highest BCUT2D eigenvalue weighted by atomic mass is 19.1. The molecule has 0 spiro atoms. The van der Waals surface area contributed by atoms with E-state index in [0.29, 0.717) is 18.3 Å². The van der Waals surface area contributed by atoms with Crippen molar-refractivity contribution in [3.05, 3.63) is 41.7 Å². The molecule has 2 aromatic rings. The predicted molar refractivity (Wildman–Crippen MR) is 63.7 cm³/mol. The molecule has 1 aromatic heterocycles. The summed E-state index contributed by atoms with van der Waals surface area (Å²) in [6.07, 6.45) is 2.38. The fourth-order valence-corrected chi connectivity index (χ4v) is 1.90. The Morgan fingerprint density at radius 3 is 2.94 bits per heavy atom. The van der Waals surface area contributed by atoms with Crippen molar-refractivity contribution in [2.24, 2.45) is 7.05 Å². The van der Waals surface area contributed by atoms with Crippen LogP contribution in [-0.4, -0.2) is 14.8 Å². The fourth-order valence-electron chi connectivity index (χ4n) is 1.90. The lowest BCUT2D eigenvalue weighted by Gasteiger charge is -2.06. The first-order valence-corrected chi connectivity index (χ1v) is 6.00. The zero-order chi connectivity index (χ0) is 12.5. The summed E-state index contributed by atoms with van der Waals surface area (Å²) in [4.78, 5) is 0. The first-order chi connectivity index (χ1) is 8.74. The first kappa shape index (κ1) is 11.2. The molecule has 1 saturated carbocycles. The Morgan fingerprint density at radius 1 is 1.39 bits per heavy atom. The SMILES string of the molecule is Cn1c(COc2cccc(F)c2)nnc1C1CC1. The molecule has 0 atom stereocenters. The second kappa shape index (κ2) is 4.40. The fraction of sp³-hybridized carbons (Fsp3) is 0.385. The Bertz CT molecular complexity index is 563. The summed E-state index contributed by atoms with van der Waals surface area (Å²) in [7, 11) is 1.94. The number of halogens is 1. The van der Waals surface area contributed by atoms with E-state index in [1.54, 1.807) is 12.1 Å². The molecule has 94 valence electrons. The van der Waals surface area contributed by atoms with Crippen LogP contribution in [0.3, 0.4) is 0 Å². The Kier molecular flexibility index (Phi) is 2.74. The Labute approximate surface area is 104 Å². The van der Waals surface area contributed by atoms with Crippen molar-refractivity contribution in [2.45, 2.75) is 25.4 Å². The maximum absolute atomic E-state index is 13.0. The van der Waals surface area contributed by atoms with E-state index in [4.69, 9.17) is 4.74 Å². The summed E-state index contributed by atoms with van der Waals surface area (Å²) in [5, 5.41) is 8.28. The van der Waals surface area contributed by atoms with Crippen molar-refractivity contribution in [2.75, 3.05) is 0 Å². The van der Waals surface area contributed by atoms with Crippen LogP contribution in [0.1, 0.15) is 30.4 Å². The smallest absolute Gasteiger partial charge is 0.170 e. The third-order valence-corrected chi connectivity index (χ3v) is 3.11. The van der Waals surface area contributed by atoms with Gasteiger partial charge in [0.1, 0.15) is 24.0 Å². The molecule has 0 amide bonds. The number of hydrogen-bond donors (Lipinski definition) is 0. The molecule has 5 heteroatoms. The molecule has 1 heterocycles. The third-order valence-electron chi connectivity index (χ3n) is 3.11. The first-order valence-electron chi connectivity index (χ1n) is 6.00. The number of aromatic nitrogens is 3. The van der Waals surface area contributed by atoms with Gasteiger partial charge in [-0.1, -0.05) is 6.07 Å². The van der Waals surface area contributed by atoms with Crippen molar-refractivity contribution in [3.63, 3.8) is 0 Å². The van der Waals surface area contributed by atoms with Gasteiger partial charge in [0.25, 0.3) is 0 Å². The van der Waals surface area contributed by atoms with Crippen LogP contribution in [0.15, 0.2) is 24.3 Å². The predicted octanol–water partition coefficient (Wildman–Crippen LogP) is 2.41. The summed E-state index contributed by atoms with van der Waals surface area (Å²) in [6.45, 7) is 0.305. The topological polar surface area (TPSA) is 39.9 Å². The van der Waals surface area contributed by atoms with E-state index in [1.165, 1.54) is 25.0 Å². The van der Waals surface area contributed by atoms with Crippen LogP contribution in [0.2, 0.25) is 0 Å². The molecule has 0 radical (unpaired) electrons. The van der Waals surface area contributed by atoms with Gasteiger partial charge in [-0.2, -0.15) is 0 Å². The quantitative estimate of drug-likeness (QED) is 0.833. The van der Waals surface area contributed by atoms with Gasteiger partial charge in [0.15, 0.2) is 5.82 Å². The van der Waals surface area contributed by atoms with E-state index in [9.17, 15) is 4.39 Å². The molecule has 0 aliphatic heterocycles. The lowest BCUT2D eigenvalue weighted by Crippen LogP contribution is -2.05. The summed E-state index contributed by atoms with van der Waals surface area (Å²) in [5.74, 6) is 2.55. The number of hydrogen-bond acceptors (Lipinski definition) is 3. The highest BCUT2D eigenvalue weighted by molar-refractivity contribution is 5.22. The standard InChI is InChI=1S/C13H14FN3O/c1-17-12(15-16-13(17)9-5-6-9)8-18-11-4-2-3-10(14)7-11/h2-4,7,9H,5-6,8H2,1H3. The molecule has 0 saturated heterocycles. The molecule has 1 aromatic carbocycles. The van der Waals surface area contributed by atoms with Crippen molar-refractivity contribution in [3.8, 4) is 5.75 Å². The van der Waals surface area contributed by atoms with Gasteiger partial charge in [0.2, 0.25) is 0 Å². The van der Waals surface area contributed by atoms with Crippen LogP contribution in [0.4, 0.5) is 4.39 Å². The minimum atomic E-state index is -0.302. The van der Waals surface area contributed by atoms with Gasteiger partial charge < -0.3 is 9.30 Å². The molecule has 1 fully saturated rings. The summed E-state index contributed by atoms with van der Waals surface area (Å²) in [6, 6.07) is 6.09. The molecule has 1 aliphatic rings. The van der Waals surface area contributed by atoms with E-state index in [1.807, 2.05) is 11.6 Å². The molecule has 3 rings (SSSR count). The van der Waals surface area contributed by atoms with Crippen molar-refractivity contribution in [1.82, 2.24) is 14.8 Å². The minimum Gasteiger partial charge on any atom is -0.486 e. The molecule has 1 aliphatic carbocycles. The second-order valence-electron chi connectivity index (χ2n) is 4.55. The lowest BCUT2D eigenvalue weighted by molar-refractivity contribution is 0.289. The Hall–Kier alpha value is -1.91. The zero-order valence-electron chi connectivity index (χ0n) is 10.1. The van der Waals surface area contributed by atoms with Crippen LogP contribution in [0, 0.1) is 5.82 Å². The summed E-state index contributed by atoms with van der Waals surface area (Å²) in [5.41, 5.74) is 0. The van der Waals surface area contributed by atoms with Gasteiger partial charge in [-0.05, 0) is 25.0 Å². The molecule has 0 N–H and O–H groups in total. The minimum absolute atomic E-state index is 0.302. The van der Waals surface area contributed by atoms with Gasteiger partial charge in [-0.3, -0.25) is 0 Å². The van der Waals surface area contributed by atoms with Gasteiger partial charge >= 0.3 is 0 Å². The second-order valence-corrected chi connectivity index (χ2v) is 4.55. The summed E-state index contributed by atoms with van der Waals surface area (Å²) >= 11 is 0. The van der Waals surface area contributed by atoms with Crippen LogP contribution in [0.5, 0.6) is 5.75 Å². The zero-order valence-corrected chi connectivity index (χ0v) is 10.1. The van der Waals surface area contributed by atoms with Gasteiger partial charge in [0, 0.05) is 19.0 Å². The molecule has 4 nitrogen and oxygen atoms in total. The maximum Gasteiger partial charge on any atom is 0.170 e. The van der Waals surface area contributed by atoms with E-state index in [0.717, 1.165) is 11.6 Å². The van der Waals surface area contributed by atoms with Crippen LogP contribution in [0.25, 0.3) is 0 Å². The number of rotatable bonds is 4. The number of ether oxygens (including phenoxy) is 1.